The molecule has 8 N–H and O–H groups in total. The van der Waals surface area contributed by atoms with Gasteiger partial charge in [-0.25, -0.2) is 10.7 Å². The van der Waals surface area contributed by atoms with Gasteiger partial charge in [-0.05, 0) is 37.0 Å². The van der Waals surface area contributed by atoms with E-state index >= 15 is 0 Å². The Bertz CT molecular complexity index is 1290. The van der Waals surface area contributed by atoms with Crippen LogP contribution in [0.25, 0.3) is 0 Å². The maximum atomic E-state index is 12.7. The van der Waals surface area contributed by atoms with Crippen molar-refractivity contribution in [1.82, 2.24) is 25.3 Å². The summed E-state index contributed by atoms with van der Waals surface area (Å²) in [6, 6.07) is 4.18. The second-order valence-electron chi connectivity index (χ2n) is 11.4. The quantitative estimate of drug-likeness (QED) is 0.0660. The van der Waals surface area contributed by atoms with E-state index in [1.165, 1.54) is 30.1 Å². The summed E-state index contributed by atoms with van der Waals surface area (Å²) in [5, 5.41) is 17.5. The van der Waals surface area contributed by atoms with Crippen LogP contribution in [-0.4, -0.2) is 121 Å². The molecule has 1 rings (SSSR count). The van der Waals surface area contributed by atoms with Crippen molar-refractivity contribution < 1.29 is 48.2 Å². The minimum Gasteiger partial charge on any atom is -0.506 e. The molecule has 0 heterocycles. The largest absolute Gasteiger partial charge is 0.506 e. The van der Waals surface area contributed by atoms with E-state index in [9.17, 15) is 38.7 Å². The highest BCUT2D eigenvalue weighted by molar-refractivity contribution is 5.92. The first kappa shape index (κ1) is 42.1. The fourth-order valence-corrected chi connectivity index (χ4v) is 4.20. The summed E-state index contributed by atoms with van der Waals surface area (Å²) in [7, 11) is 2.89. The van der Waals surface area contributed by atoms with Gasteiger partial charge in [-0.3, -0.25) is 33.6 Å². The van der Waals surface area contributed by atoms with Gasteiger partial charge >= 0.3 is 6.09 Å². The number of carbonyl (C=O) groups excluding carboxylic acids is 7. The molecule has 18 nitrogen and oxygen atoms in total. The van der Waals surface area contributed by atoms with E-state index in [0.717, 1.165) is 11.3 Å². The number of likely N-dealkylation sites (N-methyl/N-ethyl adjacent to an activating group) is 2. The highest BCUT2D eigenvalue weighted by atomic mass is 16.6. The molecule has 274 valence electrons. The molecule has 0 aromatic heterocycles. The lowest BCUT2D eigenvalue weighted by molar-refractivity contribution is -0.134. The summed E-state index contributed by atoms with van der Waals surface area (Å²) in [4.78, 5) is 93.1. The Hall–Kier alpha value is -4.97. The van der Waals surface area contributed by atoms with Crippen LogP contribution < -0.4 is 27.6 Å². The summed E-state index contributed by atoms with van der Waals surface area (Å²) in [5.74, 6) is 1.78. The number of carbonyl (C=O) groups is 7. The zero-order valence-corrected chi connectivity index (χ0v) is 28.6. The van der Waals surface area contributed by atoms with E-state index in [4.69, 9.17) is 16.4 Å². The number of anilines is 1. The Morgan fingerprint density at radius 3 is 2.29 bits per heavy atom. The number of rotatable bonds is 22. The average molecular weight is 695 g/mol. The van der Waals surface area contributed by atoms with Crippen LogP contribution in [0.5, 0.6) is 5.75 Å². The Morgan fingerprint density at radius 1 is 0.918 bits per heavy atom. The van der Waals surface area contributed by atoms with E-state index in [2.05, 4.69) is 20.8 Å². The van der Waals surface area contributed by atoms with Crippen molar-refractivity contribution in [3.63, 3.8) is 0 Å². The summed E-state index contributed by atoms with van der Waals surface area (Å²) < 4.78 is 5.22. The number of hydrogen-bond acceptors (Lipinski definition) is 11. The SMILES string of the molecule is CCCN(CC[C@@H](C)C(N)=O)C(=O)CCCN(C)C(=O)CNC(=O)CN(C)C(=O)OCc1ccc(O)c(NC(=O)CCNC(=O)CON)c1. The van der Waals surface area contributed by atoms with Crippen LogP contribution in [-0.2, 0) is 44.9 Å². The summed E-state index contributed by atoms with van der Waals surface area (Å²) >= 11 is 0. The zero-order chi connectivity index (χ0) is 36.9. The van der Waals surface area contributed by atoms with Crippen molar-refractivity contribution in [2.45, 2.75) is 52.6 Å². The Kier molecular flexibility index (Phi) is 19.4. The molecule has 0 aliphatic rings. The molecule has 0 unspecified atom stereocenters. The fraction of sp³-hybridized carbons (Fsp3) is 0.581. The standard InChI is InChI=1S/C31H50N8O10/c1-5-13-39(15-11-21(2)30(32)46)28(44)7-6-14-37(3)29(45)17-35-26(42)18-38(4)31(47)48-19-22-8-9-24(40)23(16-22)36-25(41)10-12-34-27(43)20-49-33/h8-9,16,21,40H,5-7,10-15,17-20,33H2,1-4H3,(H2,32,46)(H,34,43)(H,35,42)(H,36,41)/t21-/m1/s1. The van der Waals surface area contributed by atoms with Crippen LogP contribution in [0.4, 0.5) is 10.5 Å². The van der Waals surface area contributed by atoms with Crippen LogP contribution in [0.1, 0.15) is 51.5 Å². The molecule has 0 aliphatic heterocycles. The van der Waals surface area contributed by atoms with Gasteiger partial charge in [0.05, 0.1) is 12.2 Å². The highest BCUT2D eigenvalue weighted by Crippen LogP contribution is 2.25. The molecule has 0 spiro atoms. The van der Waals surface area contributed by atoms with Gasteiger partial charge in [0.1, 0.15) is 25.5 Å². The highest BCUT2D eigenvalue weighted by Gasteiger charge is 2.19. The minimum absolute atomic E-state index is 0.0133. The Morgan fingerprint density at radius 2 is 1.63 bits per heavy atom. The maximum absolute atomic E-state index is 12.7. The smallest absolute Gasteiger partial charge is 0.410 e. The second-order valence-corrected chi connectivity index (χ2v) is 11.4. The zero-order valence-electron chi connectivity index (χ0n) is 28.6. The maximum Gasteiger partial charge on any atom is 0.410 e. The van der Waals surface area contributed by atoms with Gasteiger partial charge in [0.2, 0.25) is 35.4 Å². The first-order valence-electron chi connectivity index (χ1n) is 15.8. The molecule has 18 heteroatoms. The van der Waals surface area contributed by atoms with Gasteiger partial charge < -0.3 is 46.2 Å². The monoisotopic (exact) mass is 694 g/mol. The molecular weight excluding hydrogens is 644 g/mol. The van der Waals surface area contributed by atoms with Crippen LogP contribution in [0.3, 0.4) is 0 Å². The molecule has 1 aromatic rings. The van der Waals surface area contributed by atoms with Crippen LogP contribution in [0.15, 0.2) is 18.2 Å². The van der Waals surface area contributed by atoms with Gasteiger partial charge in [-0.2, -0.15) is 0 Å². The van der Waals surface area contributed by atoms with Crippen molar-refractivity contribution in [2.24, 2.45) is 17.5 Å². The van der Waals surface area contributed by atoms with Crippen molar-refractivity contribution in [2.75, 3.05) is 65.3 Å². The van der Waals surface area contributed by atoms with Crippen LogP contribution in [0, 0.1) is 5.92 Å². The number of nitrogens with one attached hydrogen (secondary N) is 3. The van der Waals surface area contributed by atoms with Crippen molar-refractivity contribution in [1.29, 1.82) is 0 Å². The van der Waals surface area contributed by atoms with E-state index in [1.807, 2.05) is 6.92 Å². The molecule has 0 saturated heterocycles. The van der Waals surface area contributed by atoms with E-state index in [-0.39, 0.29) is 74.9 Å². The number of hydrogen-bond donors (Lipinski definition) is 6. The number of amides is 7. The van der Waals surface area contributed by atoms with E-state index in [0.29, 0.717) is 31.5 Å². The third kappa shape index (κ3) is 17.1. The summed E-state index contributed by atoms with van der Waals surface area (Å²) in [6.07, 6.45) is 0.946. The predicted molar refractivity (Wildman–Crippen MR) is 177 cm³/mol. The van der Waals surface area contributed by atoms with Crippen LogP contribution in [0.2, 0.25) is 0 Å². The third-order valence-corrected chi connectivity index (χ3v) is 7.19. The van der Waals surface area contributed by atoms with Gasteiger partial charge in [0.15, 0.2) is 0 Å². The number of nitrogens with zero attached hydrogens (tertiary/aromatic N) is 3. The van der Waals surface area contributed by atoms with Gasteiger partial charge in [0.25, 0.3) is 0 Å². The van der Waals surface area contributed by atoms with Crippen LogP contribution >= 0.6 is 0 Å². The first-order valence-corrected chi connectivity index (χ1v) is 15.8. The lowest BCUT2D eigenvalue weighted by atomic mass is 10.1. The number of primary amides is 1. The minimum atomic E-state index is -0.833. The molecule has 0 fully saturated rings. The molecule has 0 bridgehead atoms. The average Bonchev–Trinajstić information content (AvgIpc) is 3.05. The Balaban J connectivity index is 2.44. The third-order valence-electron chi connectivity index (χ3n) is 7.19. The molecule has 0 radical (unpaired) electrons. The molecule has 7 amide bonds. The Labute approximate surface area is 285 Å². The fourth-order valence-electron chi connectivity index (χ4n) is 4.20. The van der Waals surface area contributed by atoms with Crippen molar-refractivity contribution >= 4 is 47.2 Å². The molecule has 1 aromatic carbocycles. The molecule has 0 aliphatic carbocycles. The number of phenols is 1. The lowest BCUT2D eigenvalue weighted by Gasteiger charge is -2.24. The topological polar surface area (TPSA) is 256 Å². The molecular formula is C31H50N8O10. The van der Waals surface area contributed by atoms with Crippen molar-refractivity contribution in [3.8, 4) is 5.75 Å². The summed E-state index contributed by atoms with van der Waals surface area (Å²) in [5.41, 5.74) is 5.80. The predicted octanol–water partition coefficient (Wildman–Crippen LogP) is -0.599. The van der Waals surface area contributed by atoms with E-state index < -0.39 is 36.3 Å². The van der Waals surface area contributed by atoms with Gasteiger partial charge in [-0.15, -0.1) is 0 Å². The number of phenolic OH excluding ortho intramolecular Hbond substituents is 1. The molecule has 49 heavy (non-hydrogen) atoms. The van der Waals surface area contributed by atoms with Crippen molar-refractivity contribution in [3.05, 3.63) is 23.8 Å². The normalized spacial score (nSPS) is 11.1. The lowest BCUT2D eigenvalue weighted by Crippen LogP contribution is -2.43. The molecule has 1 atom stereocenters. The first-order chi connectivity index (χ1) is 23.2. The number of nitrogens with two attached hydrogens (primary N) is 2. The molecule has 0 saturated carbocycles. The second kappa shape index (κ2) is 22.6. The number of ether oxygens (including phenoxy) is 1. The van der Waals surface area contributed by atoms with Gasteiger partial charge in [0, 0.05) is 59.0 Å². The summed E-state index contributed by atoms with van der Waals surface area (Å²) in [6.45, 7) is 3.66. The van der Waals surface area contributed by atoms with E-state index in [1.54, 1.807) is 18.9 Å². The number of benzene rings is 1. The number of aromatic hydroxyl groups is 1. The van der Waals surface area contributed by atoms with Gasteiger partial charge in [-0.1, -0.05) is 19.9 Å².